The van der Waals surface area contributed by atoms with Gasteiger partial charge in [0.2, 0.25) is 0 Å². The van der Waals surface area contributed by atoms with Crippen molar-refractivity contribution in [2.75, 3.05) is 31.6 Å². The third kappa shape index (κ3) is 5.04. The molecule has 2 aromatic rings. The standard InChI is InChI=1S/C20H23N3O4/c1-14(2)27-17-5-3-16(4-6-17)22-19(24)18-13-15(7-8-21-18)20(25)23-9-11-26-12-10-23/h3-8,13-14H,9-12H2,1-2H3,(H,22,24). The number of ether oxygens (including phenoxy) is 2. The summed E-state index contributed by atoms with van der Waals surface area (Å²) >= 11 is 0. The number of pyridine rings is 1. The molecule has 0 aliphatic carbocycles. The largest absolute Gasteiger partial charge is 0.491 e. The Bertz CT molecular complexity index is 799. The van der Waals surface area contributed by atoms with Crippen LogP contribution in [-0.4, -0.2) is 54.1 Å². The van der Waals surface area contributed by atoms with Gasteiger partial charge in [0.1, 0.15) is 11.4 Å². The lowest BCUT2D eigenvalue weighted by atomic mass is 10.2. The van der Waals surface area contributed by atoms with Gasteiger partial charge in [0.25, 0.3) is 11.8 Å². The number of rotatable bonds is 5. The third-order valence-corrected chi connectivity index (χ3v) is 4.02. The van der Waals surface area contributed by atoms with Crippen molar-refractivity contribution < 1.29 is 19.1 Å². The fraction of sp³-hybridized carbons (Fsp3) is 0.350. The minimum Gasteiger partial charge on any atom is -0.491 e. The third-order valence-electron chi connectivity index (χ3n) is 4.02. The van der Waals surface area contributed by atoms with Gasteiger partial charge in [-0.1, -0.05) is 0 Å². The van der Waals surface area contributed by atoms with Gasteiger partial charge in [-0.3, -0.25) is 14.6 Å². The van der Waals surface area contributed by atoms with Crippen molar-refractivity contribution in [3.63, 3.8) is 0 Å². The van der Waals surface area contributed by atoms with E-state index in [1.165, 1.54) is 12.3 Å². The maximum Gasteiger partial charge on any atom is 0.274 e. The topological polar surface area (TPSA) is 80.8 Å². The fourth-order valence-corrected chi connectivity index (χ4v) is 2.72. The van der Waals surface area contributed by atoms with Crippen LogP contribution < -0.4 is 10.1 Å². The number of aromatic nitrogens is 1. The molecule has 3 rings (SSSR count). The van der Waals surface area contributed by atoms with E-state index in [-0.39, 0.29) is 23.6 Å². The molecule has 1 aliphatic rings. The first-order valence-electron chi connectivity index (χ1n) is 8.94. The second-order valence-electron chi connectivity index (χ2n) is 6.48. The summed E-state index contributed by atoms with van der Waals surface area (Å²) in [6.07, 6.45) is 1.56. The van der Waals surface area contributed by atoms with E-state index in [0.29, 0.717) is 37.6 Å². The maximum absolute atomic E-state index is 12.6. The lowest BCUT2D eigenvalue weighted by Gasteiger charge is -2.26. The quantitative estimate of drug-likeness (QED) is 0.876. The van der Waals surface area contributed by atoms with Crippen LogP contribution in [0, 0.1) is 0 Å². The molecule has 7 nitrogen and oxygen atoms in total. The highest BCUT2D eigenvalue weighted by Gasteiger charge is 2.20. The summed E-state index contributed by atoms with van der Waals surface area (Å²) in [4.78, 5) is 30.8. The Kier molecular flexibility index (Phi) is 6.03. The molecule has 0 saturated carbocycles. The van der Waals surface area contributed by atoms with Crippen LogP contribution in [0.5, 0.6) is 5.75 Å². The highest BCUT2D eigenvalue weighted by molar-refractivity contribution is 6.04. The van der Waals surface area contributed by atoms with E-state index in [9.17, 15) is 9.59 Å². The first kappa shape index (κ1) is 18.8. The van der Waals surface area contributed by atoms with Crippen LogP contribution >= 0.6 is 0 Å². The lowest BCUT2D eigenvalue weighted by molar-refractivity contribution is 0.0303. The Balaban J connectivity index is 1.67. The molecule has 2 heterocycles. The van der Waals surface area contributed by atoms with E-state index < -0.39 is 0 Å². The highest BCUT2D eigenvalue weighted by atomic mass is 16.5. The zero-order valence-electron chi connectivity index (χ0n) is 15.5. The van der Waals surface area contributed by atoms with E-state index in [4.69, 9.17) is 9.47 Å². The van der Waals surface area contributed by atoms with Crippen LogP contribution in [0.15, 0.2) is 42.6 Å². The molecular formula is C20H23N3O4. The van der Waals surface area contributed by atoms with Gasteiger partial charge in [-0.2, -0.15) is 0 Å². The molecule has 0 bridgehead atoms. The van der Waals surface area contributed by atoms with E-state index in [1.54, 1.807) is 35.2 Å². The van der Waals surface area contributed by atoms with Gasteiger partial charge in [0.05, 0.1) is 19.3 Å². The minimum atomic E-state index is -0.371. The number of nitrogens with zero attached hydrogens (tertiary/aromatic N) is 2. The number of hydrogen-bond donors (Lipinski definition) is 1. The van der Waals surface area contributed by atoms with Crippen molar-refractivity contribution in [3.8, 4) is 5.75 Å². The van der Waals surface area contributed by atoms with Crippen molar-refractivity contribution in [3.05, 3.63) is 53.9 Å². The number of morpholine rings is 1. The van der Waals surface area contributed by atoms with Crippen LogP contribution in [0.1, 0.15) is 34.7 Å². The van der Waals surface area contributed by atoms with Crippen molar-refractivity contribution in [2.45, 2.75) is 20.0 Å². The number of carbonyl (C=O) groups is 2. The molecule has 0 radical (unpaired) electrons. The average Bonchev–Trinajstić information content (AvgIpc) is 2.69. The number of nitrogens with one attached hydrogen (secondary N) is 1. The van der Waals surface area contributed by atoms with E-state index in [2.05, 4.69) is 10.3 Å². The average molecular weight is 369 g/mol. The van der Waals surface area contributed by atoms with Crippen LogP contribution in [-0.2, 0) is 4.74 Å². The molecule has 142 valence electrons. The van der Waals surface area contributed by atoms with Gasteiger partial charge in [0.15, 0.2) is 0 Å². The minimum absolute atomic E-state index is 0.0846. The van der Waals surface area contributed by atoms with Crippen molar-refractivity contribution in [2.24, 2.45) is 0 Å². The molecule has 7 heteroatoms. The predicted molar refractivity (Wildman–Crippen MR) is 101 cm³/mol. The van der Waals surface area contributed by atoms with Gasteiger partial charge in [-0.25, -0.2) is 0 Å². The summed E-state index contributed by atoms with van der Waals surface area (Å²) < 4.78 is 10.8. The summed E-state index contributed by atoms with van der Waals surface area (Å²) in [7, 11) is 0. The first-order chi connectivity index (χ1) is 13.0. The highest BCUT2D eigenvalue weighted by Crippen LogP contribution is 2.18. The fourth-order valence-electron chi connectivity index (χ4n) is 2.72. The predicted octanol–water partition coefficient (Wildman–Crippen LogP) is 2.59. The van der Waals surface area contributed by atoms with Crippen molar-refractivity contribution in [1.29, 1.82) is 0 Å². The normalized spacial score (nSPS) is 14.1. The van der Waals surface area contributed by atoms with Gasteiger partial charge in [0, 0.05) is 30.5 Å². The number of carbonyl (C=O) groups excluding carboxylic acids is 2. The van der Waals surface area contributed by atoms with Crippen molar-refractivity contribution >= 4 is 17.5 Å². The summed E-state index contributed by atoms with van der Waals surface area (Å²) in [5.41, 5.74) is 1.26. The second kappa shape index (κ2) is 8.64. The molecule has 1 aromatic heterocycles. The number of benzene rings is 1. The molecule has 1 N–H and O–H groups in total. The monoisotopic (exact) mass is 369 g/mol. The molecule has 0 spiro atoms. The van der Waals surface area contributed by atoms with E-state index >= 15 is 0 Å². The Morgan fingerprint density at radius 3 is 2.52 bits per heavy atom. The van der Waals surface area contributed by atoms with Crippen LogP contribution in [0.25, 0.3) is 0 Å². The second-order valence-corrected chi connectivity index (χ2v) is 6.48. The summed E-state index contributed by atoms with van der Waals surface area (Å²) in [5.74, 6) is 0.244. The zero-order chi connectivity index (χ0) is 19.2. The molecule has 0 atom stereocenters. The molecule has 2 amide bonds. The van der Waals surface area contributed by atoms with Gasteiger partial charge < -0.3 is 19.7 Å². The molecule has 1 fully saturated rings. The first-order valence-corrected chi connectivity index (χ1v) is 8.94. The molecule has 1 aromatic carbocycles. The van der Waals surface area contributed by atoms with E-state index in [0.717, 1.165) is 5.75 Å². The zero-order valence-corrected chi connectivity index (χ0v) is 15.5. The Morgan fingerprint density at radius 2 is 1.85 bits per heavy atom. The molecular weight excluding hydrogens is 346 g/mol. The van der Waals surface area contributed by atoms with Gasteiger partial charge in [-0.05, 0) is 50.2 Å². The smallest absolute Gasteiger partial charge is 0.274 e. The molecule has 1 aliphatic heterocycles. The Hall–Kier alpha value is -2.93. The summed E-state index contributed by atoms with van der Waals surface area (Å²) in [5, 5.41) is 2.78. The summed E-state index contributed by atoms with van der Waals surface area (Å²) in [6, 6.07) is 10.2. The Morgan fingerprint density at radius 1 is 1.15 bits per heavy atom. The maximum atomic E-state index is 12.6. The SMILES string of the molecule is CC(C)Oc1ccc(NC(=O)c2cc(C(=O)N3CCOCC3)ccn2)cc1. The molecule has 0 unspecified atom stereocenters. The number of amides is 2. The molecule has 27 heavy (non-hydrogen) atoms. The molecule has 1 saturated heterocycles. The van der Waals surface area contributed by atoms with Gasteiger partial charge >= 0.3 is 0 Å². The number of anilines is 1. The lowest BCUT2D eigenvalue weighted by Crippen LogP contribution is -2.40. The van der Waals surface area contributed by atoms with Crippen molar-refractivity contribution in [1.82, 2.24) is 9.88 Å². The van der Waals surface area contributed by atoms with E-state index in [1.807, 2.05) is 13.8 Å². The van der Waals surface area contributed by atoms with Crippen LogP contribution in [0.3, 0.4) is 0 Å². The Labute approximate surface area is 158 Å². The van der Waals surface area contributed by atoms with Crippen LogP contribution in [0.2, 0.25) is 0 Å². The number of hydrogen-bond acceptors (Lipinski definition) is 5. The van der Waals surface area contributed by atoms with Crippen LogP contribution in [0.4, 0.5) is 5.69 Å². The van der Waals surface area contributed by atoms with Gasteiger partial charge in [-0.15, -0.1) is 0 Å². The summed E-state index contributed by atoms with van der Waals surface area (Å²) in [6.45, 7) is 6.06.